The molecule has 0 atom stereocenters. The second kappa shape index (κ2) is 3.35. The van der Waals surface area contributed by atoms with Gasteiger partial charge in [-0.1, -0.05) is 0 Å². The Hall–Kier alpha value is -0.0800. The van der Waals surface area contributed by atoms with E-state index >= 15 is 0 Å². The third-order valence-corrected chi connectivity index (χ3v) is 2.37. The molecule has 0 spiro atoms. The van der Waals surface area contributed by atoms with Crippen LogP contribution in [0.3, 0.4) is 0 Å². The average Bonchev–Trinajstić information content (AvgIpc) is 1.85. The highest BCUT2D eigenvalue weighted by Gasteiger charge is 2.31. The Morgan fingerprint density at radius 3 is 2.60 bits per heavy atom. The molecular weight excluding hydrogens is 126 g/mol. The van der Waals surface area contributed by atoms with Crippen LogP contribution in [0, 0.1) is 0 Å². The number of ether oxygens (including phenoxy) is 1. The number of hydrogen-bond donors (Lipinski definition) is 1. The quantitative estimate of drug-likeness (QED) is 0.602. The van der Waals surface area contributed by atoms with E-state index in [4.69, 9.17) is 10.5 Å². The summed E-state index contributed by atoms with van der Waals surface area (Å²) < 4.78 is 4.95. The zero-order valence-corrected chi connectivity index (χ0v) is 6.73. The summed E-state index contributed by atoms with van der Waals surface area (Å²) in [6.07, 6.45) is 6.02. The monoisotopic (exact) mass is 143 g/mol. The Morgan fingerprint density at radius 1 is 1.50 bits per heavy atom. The van der Waals surface area contributed by atoms with Crippen molar-refractivity contribution >= 4 is 0 Å². The molecule has 0 saturated heterocycles. The van der Waals surface area contributed by atoms with Crippen LogP contribution in [0.4, 0.5) is 0 Å². The van der Waals surface area contributed by atoms with Crippen LogP contribution in [0.2, 0.25) is 0 Å². The van der Waals surface area contributed by atoms with E-state index in [0.29, 0.717) is 0 Å². The molecule has 60 valence electrons. The molecule has 1 aliphatic carbocycles. The summed E-state index contributed by atoms with van der Waals surface area (Å²) in [6.45, 7) is 0.860. The highest BCUT2D eigenvalue weighted by atomic mass is 16.5. The zero-order chi connectivity index (χ0) is 7.45. The number of methoxy groups -OCH3 is 1. The first-order valence-corrected chi connectivity index (χ1v) is 4.05. The Bertz CT molecular complexity index is 99.4. The minimum Gasteiger partial charge on any atom is -0.385 e. The van der Waals surface area contributed by atoms with Gasteiger partial charge in [-0.05, 0) is 32.1 Å². The molecule has 2 heteroatoms. The van der Waals surface area contributed by atoms with Crippen molar-refractivity contribution in [3.8, 4) is 0 Å². The van der Waals surface area contributed by atoms with Crippen LogP contribution in [-0.2, 0) is 4.74 Å². The van der Waals surface area contributed by atoms with Gasteiger partial charge in [-0.25, -0.2) is 0 Å². The number of rotatable bonds is 4. The van der Waals surface area contributed by atoms with Gasteiger partial charge >= 0.3 is 0 Å². The highest BCUT2D eigenvalue weighted by molar-refractivity contribution is 4.91. The molecule has 2 N–H and O–H groups in total. The second-order valence-electron chi connectivity index (χ2n) is 3.31. The van der Waals surface area contributed by atoms with E-state index in [2.05, 4.69) is 0 Å². The first-order chi connectivity index (χ1) is 4.77. The first-order valence-electron chi connectivity index (χ1n) is 4.05. The summed E-state index contributed by atoms with van der Waals surface area (Å²) in [7, 11) is 1.74. The summed E-state index contributed by atoms with van der Waals surface area (Å²) in [5.41, 5.74) is 6.18. The molecular formula is C8H17NO. The topological polar surface area (TPSA) is 35.2 Å². The maximum absolute atomic E-state index is 5.99. The fourth-order valence-corrected chi connectivity index (χ4v) is 1.45. The lowest BCUT2D eigenvalue weighted by Crippen LogP contribution is -2.46. The SMILES string of the molecule is COCCCC1(N)CCC1. The molecule has 0 aliphatic heterocycles. The van der Waals surface area contributed by atoms with Crippen molar-refractivity contribution in [1.29, 1.82) is 0 Å². The minimum absolute atomic E-state index is 0.193. The number of nitrogens with two attached hydrogens (primary N) is 1. The third kappa shape index (κ3) is 1.96. The van der Waals surface area contributed by atoms with E-state index in [9.17, 15) is 0 Å². The molecule has 0 amide bonds. The average molecular weight is 143 g/mol. The molecule has 2 nitrogen and oxygen atoms in total. The van der Waals surface area contributed by atoms with Gasteiger partial charge in [-0.2, -0.15) is 0 Å². The van der Waals surface area contributed by atoms with Crippen molar-refractivity contribution < 1.29 is 4.74 Å². The fraction of sp³-hybridized carbons (Fsp3) is 1.00. The molecule has 0 bridgehead atoms. The van der Waals surface area contributed by atoms with Crippen LogP contribution in [0.25, 0.3) is 0 Å². The van der Waals surface area contributed by atoms with E-state index in [-0.39, 0.29) is 5.54 Å². The third-order valence-electron chi connectivity index (χ3n) is 2.37. The second-order valence-corrected chi connectivity index (χ2v) is 3.31. The Balaban J connectivity index is 2.01. The van der Waals surface area contributed by atoms with Crippen molar-refractivity contribution in [2.24, 2.45) is 5.73 Å². The van der Waals surface area contributed by atoms with Crippen LogP contribution in [0.1, 0.15) is 32.1 Å². The molecule has 0 heterocycles. The lowest BCUT2D eigenvalue weighted by Gasteiger charge is -2.38. The smallest absolute Gasteiger partial charge is 0.0462 e. The van der Waals surface area contributed by atoms with Gasteiger partial charge in [0.2, 0.25) is 0 Å². The van der Waals surface area contributed by atoms with E-state index < -0.39 is 0 Å². The number of hydrogen-bond acceptors (Lipinski definition) is 2. The molecule has 0 aromatic rings. The molecule has 0 aromatic carbocycles. The van der Waals surface area contributed by atoms with Crippen LogP contribution in [0.15, 0.2) is 0 Å². The highest BCUT2D eigenvalue weighted by Crippen LogP contribution is 2.32. The molecule has 1 saturated carbocycles. The Morgan fingerprint density at radius 2 is 2.20 bits per heavy atom. The Labute approximate surface area is 62.7 Å². The summed E-state index contributed by atoms with van der Waals surface area (Å²) in [6, 6.07) is 0. The van der Waals surface area contributed by atoms with E-state index in [1.54, 1.807) is 7.11 Å². The summed E-state index contributed by atoms with van der Waals surface area (Å²) in [5, 5.41) is 0. The maximum Gasteiger partial charge on any atom is 0.0462 e. The van der Waals surface area contributed by atoms with Gasteiger partial charge in [0.15, 0.2) is 0 Å². The molecule has 10 heavy (non-hydrogen) atoms. The fourth-order valence-electron chi connectivity index (χ4n) is 1.45. The van der Waals surface area contributed by atoms with Crippen LogP contribution in [0.5, 0.6) is 0 Å². The largest absolute Gasteiger partial charge is 0.385 e. The van der Waals surface area contributed by atoms with Crippen molar-refractivity contribution in [2.75, 3.05) is 13.7 Å². The van der Waals surface area contributed by atoms with Crippen LogP contribution in [-0.4, -0.2) is 19.3 Å². The van der Waals surface area contributed by atoms with E-state index in [1.807, 2.05) is 0 Å². The molecule has 1 rings (SSSR count). The Kier molecular flexibility index (Phi) is 2.69. The summed E-state index contributed by atoms with van der Waals surface area (Å²) >= 11 is 0. The van der Waals surface area contributed by atoms with Gasteiger partial charge in [0.05, 0.1) is 0 Å². The van der Waals surface area contributed by atoms with Gasteiger partial charge in [0.25, 0.3) is 0 Å². The van der Waals surface area contributed by atoms with Gasteiger partial charge in [0.1, 0.15) is 0 Å². The van der Waals surface area contributed by atoms with E-state index in [1.165, 1.54) is 19.3 Å². The van der Waals surface area contributed by atoms with Gasteiger partial charge in [0, 0.05) is 19.3 Å². The molecule has 0 radical (unpaired) electrons. The van der Waals surface area contributed by atoms with Crippen LogP contribution >= 0.6 is 0 Å². The van der Waals surface area contributed by atoms with Crippen molar-refractivity contribution in [2.45, 2.75) is 37.6 Å². The summed E-state index contributed by atoms with van der Waals surface area (Å²) in [5.74, 6) is 0. The lowest BCUT2D eigenvalue weighted by atomic mass is 9.75. The molecule has 1 fully saturated rings. The van der Waals surface area contributed by atoms with Gasteiger partial charge < -0.3 is 10.5 Å². The first kappa shape index (κ1) is 8.02. The molecule has 0 aromatic heterocycles. The summed E-state index contributed by atoms with van der Waals surface area (Å²) in [4.78, 5) is 0. The van der Waals surface area contributed by atoms with Crippen LogP contribution < -0.4 is 5.73 Å². The molecule has 1 aliphatic rings. The van der Waals surface area contributed by atoms with Gasteiger partial charge in [-0.3, -0.25) is 0 Å². The lowest BCUT2D eigenvalue weighted by molar-refractivity contribution is 0.161. The van der Waals surface area contributed by atoms with Crippen molar-refractivity contribution in [3.63, 3.8) is 0 Å². The van der Waals surface area contributed by atoms with Crippen molar-refractivity contribution in [1.82, 2.24) is 0 Å². The predicted molar refractivity (Wildman–Crippen MR) is 41.9 cm³/mol. The minimum atomic E-state index is 0.193. The standard InChI is InChI=1S/C8H17NO/c1-10-7-3-6-8(9)4-2-5-8/h2-7,9H2,1H3. The van der Waals surface area contributed by atoms with Gasteiger partial charge in [-0.15, -0.1) is 0 Å². The zero-order valence-electron chi connectivity index (χ0n) is 6.73. The predicted octanol–water partition coefficient (Wildman–Crippen LogP) is 1.29. The van der Waals surface area contributed by atoms with E-state index in [0.717, 1.165) is 19.4 Å². The normalized spacial score (nSPS) is 22.2. The van der Waals surface area contributed by atoms with Crippen molar-refractivity contribution in [3.05, 3.63) is 0 Å². The molecule has 0 unspecified atom stereocenters. The maximum atomic E-state index is 5.99.